The van der Waals surface area contributed by atoms with E-state index in [4.69, 9.17) is 4.42 Å². The van der Waals surface area contributed by atoms with Gasteiger partial charge in [0.1, 0.15) is 17.4 Å². The number of hydrogen-bond donors (Lipinski definition) is 1. The molecule has 3 rings (SSSR count). The summed E-state index contributed by atoms with van der Waals surface area (Å²) in [5, 5.41) is 8.24. The number of hydrogen-bond acceptors (Lipinski definition) is 5. The van der Waals surface area contributed by atoms with E-state index < -0.39 is 0 Å². The van der Waals surface area contributed by atoms with Gasteiger partial charge in [-0.05, 0) is 37.1 Å². The summed E-state index contributed by atoms with van der Waals surface area (Å²) in [7, 11) is 1.91. The normalized spacial score (nSPS) is 13.0. The van der Waals surface area contributed by atoms with Crippen molar-refractivity contribution in [2.24, 2.45) is 0 Å². The zero-order valence-corrected chi connectivity index (χ0v) is 11.0. The molecule has 0 radical (unpaired) electrons. The number of benzene rings is 1. The maximum Gasteiger partial charge on any atom is 0.137 e. The SMILES string of the molecule is CNC(c1cc2cccc(C)c2o1)c1cnns1. The molecule has 0 amide bonds. The Labute approximate surface area is 109 Å². The Morgan fingerprint density at radius 2 is 2.28 bits per heavy atom. The number of nitrogens with zero attached hydrogens (tertiary/aromatic N) is 2. The van der Waals surface area contributed by atoms with Gasteiger partial charge in [0.2, 0.25) is 0 Å². The van der Waals surface area contributed by atoms with Crippen LogP contribution in [0.1, 0.15) is 22.2 Å². The largest absolute Gasteiger partial charge is 0.459 e. The molecule has 92 valence electrons. The van der Waals surface area contributed by atoms with Crippen LogP contribution in [0.4, 0.5) is 0 Å². The Balaban J connectivity index is 2.11. The van der Waals surface area contributed by atoms with Gasteiger partial charge in [-0.15, -0.1) is 5.10 Å². The van der Waals surface area contributed by atoms with Crippen molar-refractivity contribution in [1.29, 1.82) is 0 Å². The molecule has 4 nitrogen and oxygen atoms in total. The van der Waals surface area contributed by atoms with E-state index in [1.54, 1.807) is 6.20 Å². The predicted octanol–water partition coefficient (Wildman–Crippen LogP) is 2.90. The molecule has 3 aromatic rings. The van der Waals surface area contributed by atoms with Crippen molar-refractivity contribution in [1.82, 2.24) is 14.9 Å². The summed E-state index contributed by atoms with van der Waals surface area (Å²) in [5.41, 5.74) is 2.10. The van der Waals surface area contributed by atoms with Gasteiger partial charge in [0.25, 0.3) is 0 Å². The van der Waals surface area contributed by atoms with E-state index in [-0.39, 0.29) is 6.04 Å². The molecule has 0 fully saturated rings. The number of aryl methyl sites for hydroxylation is 1. The van der Waals surface area contributed by atoms with Gasteiger partial charge in [-0.1, -0.05) is 22.7 Å². The van der Waals surface area contributed by atoms with Gasteiger partial charge in [-0.2, -0.15) is 0 Å². The number of nitrogens with one attached hydrogen (secondary N) is 1. The zero-order valence-electron chi connectivity index (χ0n) is 10.2. The fourth-order valence-electron chi connectivity index (χ4n) is 2.10. The Morgan fingerprint density at radius 1 is 1.39 bits per heavy atom. The first-order valence-corrected chi connectivity index (χ1v) is 6.50. The maximum atomic E-state index is 5.96. The third-order valence-electron chi connectivity index (χ3n) is 3.00. The van der Waals surface area contributed by atoms with Crippen LogP contribution >= 0.6 is 11.5 Å². The molecule has 0 saturated heterocycles. The average molecular weight is 259 g/mol. The molecule has 1 aromatic carbocycles. The first-order valence-electron chi connectivity index (χ1n) is 5.73. The second-order valence-electron chi connectivity index (χ2n) is 4.18. The lowest BCUT2D eigenvalue weighted by molar-refractivity contribution is 0.494. The van der Waals surface area contributed by atoms with Gasteiger partial charge >= 0.3 is 0 Å². The van der Waals surface area contributed by atoms with Crippen molar-refractivity contribution in [3.63, 3.8) is 0 Å². The highest BCUT2D eigenvalue weighted by Gasteiger charge is 2.19. The highest BCUT2D eigenvalue weighted by atomic mass is 32.1. The minimum absolute atomic E-state index is 0.0109. The average Bonchev–Trinajstić information content (AvgIpc) is 3.00. The van der Waals surface area contributed by atoms with Gasteiger partial charge in [0, 0.05) is 5.39 Å². The number of para-hydroxylation sites is 1. The van der Waals surface area contributed by atoms with Crippen molar-refractivity contribution >= 4 is 22.5 Å². The molecule has 18 heavy (non-hydrogen) atoms. The molecule has 2 heterocycles. The monoisotopic (exact) mass is 259 g/mol. The van der Waals surface area contributed by atoms with Crippen molar-refractivity contribution < 1.29 is 4.42 Å². The fourth-order valence-corrected chi connectivity index (χ4v) is 2.72. The molecule has 0 aliphatic carbocycles. The number of aromatic nitrogens is 2. The number of rotatable bonds is 3. The van der Waals surface area contributed by atoms with E-state index in [2.05, 4.69) is 40.0 Å². The maximum absolute atomic E-state index is 5.96. The second-order valence-corrected chi connectivity index (χ2v) is 5.00. The van der Waals surface area contributed by atoms with Crippen LogP contribution in [0.25, 0.3) is 11.0 Å². The first kappa shape index (κ1) is 11.4. The van der Waals surface area contributed by atoms with Crippen molar-refractivity contribution in [2.75, 3.05) is 7.05 Å². The molecule has 1 N–H and O–H groups in total. The molecule has 0 aliphatic heterocycles. The van der Waals surface area contributed by atoms with Gasteiger partial charge in [-0.3, -0.25) is 0 Å². The molecule has 0 saturated carbocycles. The third kappa shape index (κ3) is 1.81. The van der Waals surface area contributed by atoms with Crippen LogP contribution in [-0.2, 0) is 0 Å². The van der Waals surface area contributed by atoms with Gasteiger partial charge in [-0.25, -0.2) is 0 Å². The zero-order chi connectivity index (χ0) is 12.5. The topological polar surface area (TPSA) is 51.0 Å². The van der Waals surface area contributed by atoms with E-state index >= 15 is 0 Å². The van der Waals surface area contributed by atoms with Crippen LogP contribution in [-0.4, -0.2) is 16.6 Å². The van der Waals surface area contributed by atoms with Crippen LogP contribution in [0.5, 0.6) is 0 Å². The highest BCUT2D eigenvalue weighted by Crippen LogP contribution is 2.30. The molecule has 0 spiro atoms. The second kappa shape index (κ2) is 4.51. The van der Waals surface area contributed by atoms with Gasteiger partial charge < -0.3 is 9.73 Å². The molecule has 5 heteroatoms. The van der Waals surface area contributed by atoms with Crippen LogP contribution < -0.4 is 5.32 Å². The lowest BCUT2D eigenvalue weighted by Crippen LogP contribution is -2.15. The molecule has 1 atom stereocenters. The molecule has 0 aliphatic rings. The van der Waals surface area contributed by atoms with E-state index in [9.17, 15) is 0 Å². The molecular weight excluding hydrogens is 246 g/mol. The standard InChI is InChI=1S/C13H13N3OS/c1-8-4-3-5-9-6-10(17-13(8)9)12(14-2)11-7-15-16-18-11/h3-7,12,14H,1-2H3. The van der Waals surface area contributed by atoms with E-state index in [1.807, 2.05) is 13.1 Å². The highest BCUT2D eigenvalue weighted by molar-refractivity contribution is 7.05. The predicted molar refractivity (Wildman–Crippen MR) is 71.8 cm³/mol. The summed E-state index contributed by atoms with van der Waals surface area (Å²) >= 11 is 1.38. The van der Waals surface area contributed by atoms with Crippen LogP contribution in [0.3, 0.4) is 0 Å². The summed E-state index contributed by atoms with van der Waals surface area (Å²) < 4.78 is 9.86. The molecule has 1 unspecified atom stereocenters. The van der Waals surface area contributed by atoms with Crippen LogP contribution in [0.2, 0.25) is 0 Å². The fraction of sp³-hybridized carbons (Fsp3) is 0.231. The molecule has 2 aromatic heterocycles. The Kier molecular flexibility index (Phi) is 2.85. The summed E-state index contributed by atoms with van der Waals surface area (Å²) in [5.74, 6) is 0.896. The molecular formula is C13H13N3OS. The summed E-state index contributed by atoms with van der Waals surface area (Å²) in [6.07, 6.45) is 1.77. The van der Waals surface area contributed by atoms with E-state index in [0.29, 0.717) is 0 Å². The lowest BCUT2D eigenvalue weighted by atomic mass is 10.1. The van der Waals surface area contributed by atoms with Gasteiger partial charge in [0.15, 0.2) is 0 Å². The Bertz CT molecular complexity index is 660. The van der Waals surface area contributed by atoms with Crippen LogP contribution in [0, 0.1) is 6.92 Å². The smallest absolute Gasteiger partial charge is 0.137 e. The van der Waals surface area contributed by atoms with E-state index in [1.165, 1.54) is 11.5 Å². The van der Waals surface area contributed by atoms with Crippen molar-refractivity contribution in [2.45, 2.75) is 13.0 Å². The Hall–Kier alpha value is -1.72. The first-order chi connectivity index (χ1) is 8.79. The third-order valence-corrected chi connectivity index (χ3v) is 3.72. The number of furan rings is 1. The van der Waals surface area contributed by atoms with Gasteiger partial charge in [0.05, 0.1) is 11.1 Å². The summed E-state index contributed by atoms with van der Waals surface area (Å²) in [6, 6.07) is 8.24. The van der Waals surface area contributed by atoms with E-state index in [0.717, 1.165) is 27.2 Å². The Morgan fingerprint density at radius 3 is 2.94 bits per heavy atom. The minimum Gasteiger partial charge on any atom is -0.459 e. The quantitative estimate of drug-likeness (QED) is 0.785. The lowest BCUT2D eigenvalue weighted by Gasteiger charge is -2.09. The summed E-state index contributed by atoms with van der Waals surface area (Å²) in [4.78, 5) is 1.05. The van der Waals surface area contributed by atoms with Crippen LogP contribution in [0.15, 0.2) is 34.9 Å². The van der Waals surface area contributed by atoms with Crippen molar-refractivity contribution in [3.05, 3.63) is 46.7 Å². The molecule has 0 bridgehead atoms. The summed E-state index contributed by atoms with van der Waals surface area (Å²) in [6.45, 7) is 2.05. The van der Waals surface area contributed by atoms with Crippen molar-refractivity contribution in [3.8, 4) is 0 Å². The number of fused-ring (bicyclic) bond motifs is 1. The minimum atomic E-state index is 0.0109.